The van der Waals surface area contributed by atoms with Crippen LogP contribution >= 0.6 is 27.5 Å². The van der Waals surface area contributed by atoms with Crippen LogP contribution in [0.5, 0.6) is 5.75 Å². The lowest BCUT2D eigenvalue weighted by molar-refractivity contribution is 0.161. The highest BCUT2D eigenvalue weighted by molar-refractivity contribution is 9.10. The fraction of sp³-hybridized carbons (Fsp3) is 0.421. The van der Waals surface area contributed by atoms with Crippen molar-refractivity contribution in [3.63, 3.8) is 0 Å². The molecule has 10 heteroatoms. The van der Waals surface area contributed by atoms with Gasteiger partial charge in [0.25, 0.3) is 0 Å². The van der Waals surface area contributed by atoms with E-state index in [0.29, 0.717) is 47.8 Å². The molecular weight excluding hydrogens is 460 g/mol. The molecule has 0 bridgehead atoms. The number of likely N-dealkylation sites (N-methyl/N-ethyl adjacent to an activating group) is 1. The monoisotopic (exact) mass is 482 g/mol. The first-order chi connectivity index (χ1) is 14.0. The van der Waals surface area contributed by atoms with Crippen molar-refractivity contribution in [3.05, 3.63) is 39.8 Å². The number of anilines is 1. The van der Waals surface area contributed by atoms with Gasteiger partial charge in [0.05, 0.1) is 26.1 Å². The molecule has 2 heterocycles. The first-order valence-electron chi connectivity index (χ1n) is 9.21. The molecule has 0 aliphatic rings. The number of fused-ring (bicyclic) bond motifs is 1. The quantitative estimate of drug-likeness (QED) is 0.427. The first-order valence-corrected chi connectivity index (χ1v) is 10.4. The number of nitrogens with zero attached hydrogens (tertiary/aromatic N) is 4. The minimum absolute atomic E-state index is 0.302. The highest BCUT2D eigenvalue weighted by Crippen LogP contribution is 2.33. The maximum absolute atomic E-state index is 6.25. The minimum atomic E-state index is 0.302. The highest BCUT2D eigenvalue weighted by Gasteiger charge is 2.15. The molecule has 0 saturated carbocycles. The van der Waals surface area contributed by atoms with Gasteiger partial charge in [-0.15, -0.1) is 0 Å². The SMILES string of the molecule is CN[C@H](CCCOc1cc(Cl)cc(Br)c1Cn1cnc2c(N)ncnc21)COC. The molecule has 0 fully saturated rings. The summed E-state index contributed by atoms with van der Waals surface area (Å²) in [7, 11) is 3.64. The standard InChI is InChI=1S/C19H24BrClN6O2/c1-23-13(9-28-2)4-3-5-29-16-7-12(21)6-15(20)14(16)8-27-11-26-17-18(22)24-10-25-19(17)27/h6-7,10-11,13,23H,3-5,8-9H2,1-2H3,(H2,22,24,25)/t13-/m1/s1. The summed E-state index contributed by atoms with van der Waals surface area (Å²) in [6.07, 6.45) is 4.96. The van der Waals surface area contributed by atoms with Crippen molar-refractivity contribution in [1.82, 2.24) is 24.8 Å². The second-order valence-electron chi connectivity index (χ2n) is 6.60. The number of hydrogen-bond donors (Lipinski definition) is 2. The molecule has 0 aliphatic carbocycles. The Balaban J connectivity index is 1.76. The van der Waals surface area contributed by atoms with Crippen LogP contribution in [0.25, 0.3) is 11.2 Å². The molecule has 0 radical (unpaired) electrons. The number of benzene rings is 1. The van der Waals surface area contributed by atoms with Crippen LogP contribution in [0.15, 0.2) is 29.3 Å². The van der Waals surface area contributed by atoms with Gasteiger partial charge in [-0.25, -0.2) is 15.0 Å². The van der Waals surface area contributed by atoms with E-state index >= 15 is 0 Å². The number of rotatable bonds is 10. The zero-order chi connectivity index (χ0) is 20.8. The van der Waals surface area contributed by atoms with Crippen molar-refractivity contribution in [2.24, 2.45) is 0 Å². The second kappa shape index (κ2) is 10.2. The van der Waals surface area contributed by atoms with Crippen LogP contribution in [-0.2, 0) is 11.3 Å². The molecule has 0 aliphatic heterocycles. The first kappa shape index (κ1) is 21.8. The third-order valence-corrected chi connectivity index (χ3v) is 5.53. The van der Waals surface area contributed by atoms with Gasteiger partial charge in [-0.1, -0.05) is 27.5 Å². The summed E-state index contributed by atoms with van der Waals surface area (Å²) in [6, 6.07) is 3.98. The van der Waals surface area contributed by atoms with E-state index in [4.69, 9.17) is 26.8 Å². The number of nitrogens with one attached hydrogen (secondary N) is 1. The molecule has 1 atom stereocenters. The van der Waals surface area contributed by atoms with Gasteiger partial charge in [-0.05, 0) is 32.0 Å². The molecule has 3 aromatic rings. The van der Waals surface area contributed by atoms with Gasteiger partial charge in [-0.2, -0.15) is 0 Å². The summed E-state index contributed by atoms with van der Waals surface area (Å²) in [5.41, 5.74) is 8.09. The van der Waals surface area contributed by atoms with Gasteiger partial charge in [0.2, 0.25) is 0 Å². The zero-order valence-electron chi connectivity index (χ0n) is 16.4. The van der Waals surface area contributed by atoms with Gasteiger partial charge in [0.15, 0.2) is 11.5 Å². The van der Waals surface area contributed by atoms with Crippen LogP contribution in [-0.4, -0.2) is 52.9 Å². The highest BCUT2D eigenvalue weighted by atomic mass is 79.9. The lowest BCUT2D eigenvalue weighted by Crippen LogP contribution is -2.30. The minimum Gasteiger partial charge on any atom is -0.493 e. The Hall–Kier alpha value is -1.94. The van der Waals surface area contributed by atoms with Crippen LogP contribution in [0.1, 0.15) is 18.4 Å². The van der Waals surface area contributed by atoms with Gasteiger partial charge in [0, 0.05) is 28.2 Å². The molecule has 0 spiro atoms. The molecule has 8 nitrogen and oxygen atoms in total. The van der Waals surface area contributed by atoms with Crippen molar-refractivity contribution in [1.29, 1.82) is 0 Å². The van der Waals surface area contributed by atoms with Crippen LogP contribution in [0.3, 0.4) is 0 Å². The van der Waals surface area contributed by atoms with Crippen LogP contribution in [0, 0.1) is 0 Å². The predicted molar refractivity (Wildman–Crippen MR) is 117 cm³/mol. The Morgan fingerprint density at radius 2 is 2.14 bits per heavy atom. The van der Waals surface area contributed by atoms with Crippen molar-refractivity contribution in [2.75, 3.05) is 33.1 Å². The topological polar surface area (TPSA) is 100 Å². The molecular formula is C19H24BrClN6O2. The Bertz CT molecular complexity index is 967. The largest absolute Gasteiger partial charge is 0.493 e. The number of aromatic nitrogens is 4. The predicted octanol–water partition coefficient (Wildman–Crippen LogP) is 3.27. The number of nitrogens with two attached hydrogens (primary N) is 1. The number of hydrogen-bond acceptors (Lipinski definition) is 7. The van der Waals surface area contributed by atoms with E-state index in [9.17, 15) is 0 Å². The third kappa shape index (κ3) is 5.36. The average Bonchev–Trinajstić information content (AvgIpc) is 3.11. The number of methoxy groups -OCH3 is 1. The van der Waals surface area contributed by atoms with Crippen LogP contribution in [0.2, 0.25) is 5.02 Å². The van der Waals surface area contributed by atoms with Gasteiger partial charge >= 0.3 is 0 Å². The number of nitrogen functional groups attached to an aromatic ring is 1. The molecule has 1 aromatic carbocycles. The molecule has 0 unspecified atom stereocenters. The summed E-state index contributed by atoms with van der Waals surface area (Å²) in [5.74, 6) is 1.08. The summed E-state index contributed by atoms with van der Waals surface area (Å²) >= 11 is 9.86. The Labute approximate surface area is 182 Å². The van der Waals surface area contributed by atoms with Gasteiger partial charge in [0.1, 0.15) is 17.6 Å². The van der Waals surface area contributed by atoms with E-state index in [2.05, 4.69) is 36.2 Å². The number of halogens is 2. The fourth-order valence-corrected chi connectivity index (χ4v) is 3.98. The Morgan fingerprint density at radius 1 is 1.31 bits per heavy atom. The van der Waals surface area contributed by atoms with Crippen molar-refractivity contribution in [2.45, 2.75) is 25.4 Å². The maximum Gasteiger partial charge on any atom is 0.165 e. The van der Waals surface area contributed by atoms with Gasteiger partial charge < -0.3 is 25.1 Å². The van der Waals surface area contributed by atoms with E-state index in [1.54, 1.807) is 13.4 Å². The van der Waals surface area contributed by atoms with E-state index in [1.165, 1.54) is 6.33 Å². The molecule has 0 amide bonds. The molecule has 3 N–H and O–H groups in total. The normalized spacial score (nSPS) is 12.4. The smallest absolute Gasteiger partial charge is 0.165 e. The van der Waals surface area contributed by atoms with E-state index in [1.807, 2.05) is 23.7 Å². The Kier molecular flexibility index (Phi) is 7.65. The fourth-order valence-electron chi connectivity index (χ4n) is 3.07. The second-order valence-corrected chi connectivity index (χ2v) is 7.89. The molecule has 0 saturated heterocycles. The van der Waals surface area contributed by atoms with Gasteiger partial charge in [-0.3, -0.25) is 0 Å². The zero-order valence-corrected chi connectivity index (χ0v) is 18.7. The summed E-state index contributed by atoms with van der Waals surface area (Å²) in [6.45, 7) is 1.74. The number of imidazole rings is 1. The molecule has 29 heavy (non-hydrogen) atoms. The van der Waals surface area contributed by atoms with E-state index in [0.717, 1.165) is 28.6 Å². The lowest BCUT2D eigenvalue weighted by Gasteiger charge is -2.17. The summed E-state index contributed by atoms with van der Waals surface area (Å²) in [5, 5.41) is 3.84. The van der Waals surface area contributed by atoms with Crippen molar-refractivity contribution >= 4 is 44.5 Å². The van der Waals surface area contributed by atoms with Crippen molar-refractivity contribution < 1.29 is 9.47 Å². The number of ether oxygens (including phenoxy) is 2. The maximum atomic E-state index is 6.25. The van der Waals surface area contributed by atoms with E-state index in [-0.39, 0.29) is 0 Å². The van der Waals surface area contributed by atoms with Crippen LogP contribution in [0.4, 0.5) is 5.82 Å². The average molecular weight is 484 g/mol. The molecule has 3 rings (SSSR count). The van der Waals surface area contributed by atoms with E-state index < -0.39 is 0 Å². The molecule has 2 aromatic heterocycles. The summed E-state index contributed by atoms with van der Waals surface area (Å²) < 4.78 is 14.1. The third-order valence-electron chi connectivity index (χ3n) is 4.61. The van der Waals surface area contributed by atoms with Crippen molar-refractivity contribution in [3.8, 4) is 5.75 Å². The van der Waals surface area contributed by atoms with Crippen LogP contribution < -0.4 is 15.8 Å². The lowest BCUT2D eigenvalue weighted by atomic mass is 10.1. The molecule has 156 valence electrons. The Morgan fingerprint density at radius 3 is 2.90 bits per heavy atom. The summed E-state index contributed by atoms with van der Waals surface area (Å²) in [4.78, 5) is 12.6.